The largest absolute Gasteiger partial charge is 0.489 e. The third-order valence-corrected chi connectivity index (χ3v) is 2.64. The van der Waals surface area contributed by atoms with Crippen molar-refractivity contribution in [3.05, 3.63) is 28.8 Å². The lowest BCUT2D eigenvalue weighted by atomic mass is 10.00. The fourth-order valence-electron chi connectivity index (χ4n) is 1.59. The molecule has 2 rings (SSSR count). The predicted octanol–water partition coefficient (Wildman–Crippen LogP) is 3.08. The molecule has 0 amide bonds. The first-order chi connectivity index (χ1) is 6.70. The summed E-state index contributed by atoms with van der Waals surface area (Å²) in [6.07, 6.45) is 1.34. The Morgan fingerprint density at radius 3 is 3.07 bits per heavy atom. The number of hydrogen-bond acceptors (Lipinski definition) is 2. The number of halogens is 1. The summed E-state index contributed by atoms with van der Waals surface area (Å²) in [6, 6.07) is 5.17. The van der Waals surface area contributed by atoms with Gasteiger partial charge in [0.2, 0.25) is 0 Å². The maximum Gasteiger partial charge on any atom is 0.170 e. The second-order valence-electron chi connectivity index (χ2n) is 3.42. The highest BCUT2D eigenvalue weighted by Crippen LogP contribution is 2.30. The topological polar surface area (TPSA) is 26.3 Å². The van der Waals surface area contributed by atoms with Crippen LogP contribution in [0.25, 0.3) is 0 Å². The molecule has 0 N–H and O–H groups in total. The normalized spacial score (nSPS) is 20.1. The van der Waals surface area contributed by atoms with Crippen LogP contribution in [0, 0.1) is 0 Å². The van der Waals surface area contributed by atoms with Gasteiger partial charge in [0, 0.05) is 11.4 Å². The van der Waals surface area contributed by atoms with Crippen LogP contribution in [0.1, 0.15) is 30.1 Å². The molecule has 0 aliphatic carbocycles. The molecule has 0 radical (unpaired) electrons. The molecular formula is C11H11ClO2. The Morgan fingerprint density at radius 2 is 2.36 bits per heavy atom. The van der Waals surface area contributed by atoms with Crippen LogP contribution in [-0.4, -0.2) is 11.9 Å². The lowest BCUT2D eigenvalue weighted by molar-refractivity contribution is 0.0845. The van der Waals surface area contributed by atoms with E-state index in [0.29, 0.717) is 22.8 Å². The number of fused-ring (bicyclic) bond motifs is 1. The summed E-state index contributed by atoms with van der Waals surface area (Å²) < 4.78 is 5.63. The number of rotatable bonds is 1. The van der Waals surface area contributed by atoms with Gasteiger partial charge in [-0.2, -0.15) is 0 Å². The average Bonchev–Trinajstić information content (AvgIpc) is 2.19. The Kier molecular flexibility index (Phi) is 2.46. The first kappa shape index (κ1) is 9.53. The zero-order valence-corrected chi connectivity index (χ0v) is 8.67. The predicted molar refractivity (Wildman–Crippen MR) is 55.1 cm³/mol. The maximum atomic E-state index is 11.7. The maximum absolute atomic E-state index is 11.7. The number of Topliss-reactive ketones (excluding diaryl/α,β-unsaturated/α-hetero) is 1. The summed E-state index contributed by atoms with van der Waals surface area (Å²) in [6.45, 7) is 2.01. The van der Waals surface area contributed by atoms with Gasteiger partial charge in [0.1, 0.15) is 11.9 Å². The molecule has 0 aromatic heterocycles. The molecule has 0 spiro atoms. The van der Waals surface area contributed by atoms with Crippen molar-refractivity contribution in [2.24, 2.45) is 0 Å². The highest BCUT2D eigenvalue weighted by atomic mass is 35.5. The molecular weight excluding hydrogens is 200 g/mol. The van der Waals surface area contributed by atoms with Gasteiger partial charge in [-0.25, -0.2) is 0 Å². The zero-order chi connectivity index (χ0) is 10.1. The van der Waals surface area contributed by atoms with E-state index in [1.807, 2.05) is 6.92 Å². The van der Waals surface area contributed by atoms with Crippen LogP contribution < -0.4 is 4.74 Å². The second kappa shape index (κ2) is 3.62. The van der Waals surface area contributed by atoms with Gasteiger partial charge in [0.25, 0.3) is 0 Å². The van der Waals surface area contributed by atoms with Gasteiger partial charge in [0.05, 0.1) is 5.56 Å². The third kappa shape index (κ3) is 1.62. The average molecular weight is 211 g/mol. The van der Waals surface area contributed by atoms with Gasteiger partial charge in [0.15, 0.2) is 5.78 Å². The summed E-state index contributed by atoms with van der Waals surface area (Å²) in [5.41, 5.74) is 0.613. The Hall–Kier alpha value is -1.02. The van der Waals surface area contributed by atoms with Crippen molar-refractivity contribution < 1.29 is 9.53 Å². The molecule has 1 aliphatic rings. The van der Waals surface area contributed by atoms with Crippen molar-refractivity contribution >= 4 is 17.4 Å². The quantitative estimate of drug-likeness (QED) is 0.712. The zero-order valence-electron chi connectivity index (χ0n) is 7.92. The molecule has 1 aliphatic heterocycles. The number of hydrogen-bond donors (Lipinski definition) is 0. The molecule has 1 heterocycles. The van der Waals surface area contributed by atoms with Crippen molar-refractivity contribution in [1.82, 2.24) is 0 Å². The fourth-order valence-corrected chi connectivity index (χ4v) is 1.76. The molecule has 0 unspecified atom stereocenters. The second-order valence-corrected chi connectivity index (χ2v) is 3.85. The van der Waals surface area contributed by atoms with Crippen LogP contribution in [0.15, 0.2) is 18.2 Å². The molecule has 2 nitrogen and oxygen atoms in total. The standard InChI is InChI=1S/C11H11ClO2/c1-2-8-6-10(13)9-5-7(12)3-4-11(9)14-8/h3-5,8H,2,6H2,1H3/t8-/m1/s1. The van der Waals surface area contributed by atoms with Crippen LogP contribution in [-0.2, 0) is 0 Å². The highest BCUT2D eigenvalue weighted by molar-refractivity contribution is 6.31. The van der Waals surface area contributed by atoms with E-state index in [-0.39, 0.29) is 11.9 Å². The smallest absolute Gasteiger partial charge is 0.170 e. The van der Waals surface area contributed by atoms with Crippen molar-refractivity contribution in [3.63, 3.8) is 0 Å². The molecule has 1 atom stereocenters. The summed E-state index contributed by atoms with van der Waals surface area (Å²) >= 11 is 5.80. The lowest BCUT2D eigenvalue weighted by Crippen LogP contribution is -2.26. The number of benzene rings is 1. The lowest BCUT2D eigenvalue weighted by Gasteiger charge is -2.24. The van der Waals surface area contributed by atoms with Gasteiger partial charge in [-0.05, 0) is 24.6 Å². The molecule has 1 aromatic carbocycles. The van der Waals surface area contributed by atoms with Crippen molar-refractivity contribution in [3.8, 4) is 5.75 Å². The summed E-state index contributed by atoms with van der Waals surface area (Å²) in [7, 11) is 0. The number of ketones is 1. The molecule has 3 heteroatoms. The van der Waals surface area contributed by atoms with E-state index in [1.54, 1.807) is 18.2 Å². The van der Waals surface area contributed by atoms with E-state index in [2.05, 4.69) is 0 Å². The van der Waals surface area contributed by atoms with E-state index in [4.69, 9.17) is 16.3 Å². The van der Waals surface area contributed by atoms with Crippen LogP contribution in [0.5, 0.6) is 5.75 Å². The summed E-state index contributed by atoms with van der Waals surface area (Å²) in [5, 5.41) is 0.579. The molecule has 0 fully saturated rings. The monoisotopic (exact) mass is 210 g/mol. The molecule has 0 saturated heterocycles. The van der Waals surface area contributed by atoms with Crippen molar-refractivity contribution in [1.29, 1.82) is 0 Å². The first-order valence-corrected chi connectivity index (χ1v) is 5.08. The van der Waals surface area contributed by atoms with Crippen LogP contribution in [0.2, 0.25) is 5.02 Å². The van der Waals surface area contributed by atoms with Crippen molar-refractivity contribution in [2.45, 2.75) is 25.9 Å². The Morgan fingerprint density at radius 1 is 1.57 bits per heavy atom. The van der Waals surface area contributed by atoms with E-state index < -0.39 is 0 Å². The summed E-state index contributed by atoms with van der Waals surface area (Å²) in [5.74, 6) is 0.790. The Balaban J connectivity index is 2.40. The number of ether oxygens (including phenoxy) is 1. The van der Waals surface area contributed by atoms with Gasteiger partial charge < -0.3 is 4.74 Å². The minimum atomic E-state index is 0.0242. The van der Waals surface area contributed by atoms with Crippen LogP contribution in [0.4, 0.5) is 0 Å². The molecule has 1 aromatic rings. The minimum Gasteiger partial charge on any atom is -0.489 e. The molecule has 0 saturated carbocycles. The van der Waals surface area contributed by atoms with Gasteiger partial charge in [-0.3, -0.25) is 4.79 Å². The minimum absolute atomic E-state index is 0.0242. The van der Waals surface area contributed by atoms with Gasteiger partial charge >= 0.3 is 0 Å². The van der Waals surface area contributed by atoms with E-state index in [1.165, 1.54) is 0 Å². The van der Waals surface area contributed by atoms with E-state index >= 15 is 0 Å². The van der Waals surface area contributed by atoms with E-state index in [9.17, 15) is 4.79 Å². The Bertz CT molecular complexity index is 374. The summed E-state index contributed by atoms with van der Waals surface area (Å²) in [4.78, 5) is 11.7. The van der Waals surface area contributed by atoms with Crippen LogP contribution in [0.3, 0.4) is 0 Å². The highest BCUT2D eigenvalue weighted by Gasteiger charge is 2.25. The van der Waals surface area contributed by atoms with Gasteiger partial charge in [-0.15, -0.1) is 0 Å². The fraction of sp³-hybridized carbons (Fsp3) is 0.364. The molecule has 0 bridgehead atoms. The molecule has 74 valence electrons. The Labute approximate surface area is 87.8 Å². The van der Waals surface area contributed by atoms with Crippen LogP contribution >= 0.6 is 11.6 Å². The first-order valence-electron chi connectivity index (χ1n) is 4.70. The number of carbonyl (C=O) groups is 1. The van der Waals surface area contributed by atoms with E-state index in [0.717, 1.165) is 6.42 Å². The SMILES string of the molecule is CC[C@@H]1CC(=O)c2cc(Cl)ccc2O1. The third-order valence-electron chi connectivity index (χ3n) is 2.40. The van der Waals surface area contributed by atoms with Crippen molar-refractivity contribution in [2.75, 3.05) is 0 Å². The number of carbonyl (C=O) groups excluding carboxylic acids is 1. The van der Waals surface area contributed by atoms with Gasteiger partial charge in [-0.1, -0.05) is 18.5 Å². The molecule has 14 heavy (non-hydrogen) atoms.